The van der Waals surface area contributed by atoms with Crippen LogP contribution in [0.4, 0.5) is 0 Å². The number of carbonyl (C=O) groups is 1. The zero-order valence-corrected chi connectivity index (χ0v) is 7.80. The van der Waals surface area contributed by atoms with Gasteiger partial charge in [0.05, 0.1) is 0 Å². The molecule has 0 radical (unpaired) electrons. The van der Waals surface area contributed by atoms with E-state index in [0.717, 1.165) is 4.90 Å². The van der Waals surface area contributed by atoms with Crippen LogP contribution in [0.1, 0.15) is 0 Å². The van der Waals surface area contributed by atoms with Crippen LogP contribution in [0.2, 0.25) is 0 Å². The van der Waals surface area contributed by atoms with Gasteiger partial charge in [-0.1, -0.05) is 18.2 Å². The maximum atomic E-state index is 11.1. The van der Waals surface area contributed by atoms with Gasteiger partial charge in [0.25, 0.3) is 5.91 Å². The van der Waals surface area contributed by atoms with Gasteiger partial charge in [0.2, 0.25) is 0 Å². The number of hydrogen-bond donors (Lipinski definition) is 0. The van der Waals surface area contributed by atoms with E-state index in [4.69, 9.17) is 10.00 Å². The summed E-state index contributed by atoms with van der Waals surface area (Å²) in [7, 11) is 1.40. The van der Waals surface area contributed by atoms with Crippen LogP contribution in [0.15, 0.2) is 30.3 Å². The first-order valence-corrected chi connectivity index (χ1v) is 4.08. The molecule has 1 amide bonds. The monoisotopic (exact) mass is 190 g/mol. The van der Waals surface area contributed by atoms with Crippen molar-refractivity contribution in [1.82, 2.24) is 4.90 Å². The van der Waals surface area contributed by atoms with Crippen molar-refractivity contribution in [2.24, 2.45) is 0 Å². The van der Waals surface area contributed by atoms with Gasteiger partial charge in [-0.05, 0) is 12.1 Å². The zero-order valence-electron chi connectivity index (χ0n) is 7.80. The Balaban J connectivity index is 2.43. The van der Waals surface area contributed by atoms with E-state index in [2.05, 4.69) is 0 Å². The summed E-state index contributed by atoms with van der Waals surface area (Å²) >= 11 is 0. The number of likely N-dealkylation sites (N-methyl/N-ethyl adjacent to an activating group) is 1. The summed E-state index contributed by atoms with van der Waals surface area (Å²) in [5, 5.41) is 8.40. The van der Waals surface area contributed by atoms with Crippen molar-refractivity contribution < 1.29 is 9.53 Å². The smallest absolute Gasteiger partial charge is 0.273 e. The molecule has 4 nitrogen and oxygen atoms in total. The molecular weight excluding hydrogens is 180 g/mol. The van der Waals surface area contributed by atoms with Gasteiger partial charge in [-0.15, -0.1) is 0 Å². The predicted octanol–water partition coefficient (Wildman–Crippen LogP) is 1.00. The van der Waals surface area contributed by atoms with E-state index in [1.54, 1.807) is 18.3 Å². The van der Waals surface area contributed by atoms with Gasteiger partial charge in [0, 0.05) is 7.05 Å². The Kier molecular flexibility index (Phi) is 3.50. The van der Waals surface area contributed by atoms with Gasteiger partial charge in [-0.3, -0.25) is 4.79 Å². The lowest BCUT2D eigenvalue weighted by molar-refractivity contribution is -0.129. The highest BCUT2D eigenvalue weighted by Crippen LogP contribution is 2.07. The number of para-hydroxylation sites is 1. The molecule has 0 bridgehead atoms. The molecule has 14 heavy (non-hydrogen) atoms. The van der Waals surface area contributed by atoms with Gasteiger partial charge in [-0.2, -0.15) is 5.26 Å². The molecule has 0 heterocycles. The first kappa shape index (κ1) is 10.1. The number of nitrogens with zero attached hydrogens (tertiary/aromatic N) is 2. The van der Waals surface area contributed by atoms with Gasteiger partial charge in [0.15, 0.2) is 12.8 Å². The number of rotatable bonds is 3. The van der Waals surface area contributed by atoms with Crippen molar-refractivity contribution in [2.75, 3.05) is 13.7 Å². The van der Waals surface area contributed by atoms with Crippen molar-refractivity contribution in [3.05, 3.63) is 30.3 Å². The van der Waals surface area contributed by atoms with Crippen LogP contribution < -0.4 is 4.74 Å². The van der Waals surface area contributed by atoms with Crippen LogP contribution in [0.25, 0.3) is 0 Å². The van der Waals surface area contributed by atoms with Crippen LogP contribution >= 0.6 is 0 Å². The average Bonchev–Trinajstić information content (AvgIpc) is 2.26. The third kappa shape index (κ3) is 2.79. The van der Waals surface area contributed by atoms with Crippen LogP contribution in [-0.4, -0.2) is 24.5 Å². The largest absolute Gasteiger partial charge is 0.484 e. The minimum Gasteiger partial charge on any atom is -0.484 e. The minimum absolute atomic E-state index is 0.117. The van der Waals surface area contributed by atoms with Gasteiger partial charge in [0.1, 0.15) is 5.75 Å². The van der Waals surface area contributed by atoms with Crippen molar-refractivity contribution in [1.29, 1.82) is 5.26 Å². The number of nitriles is 1. The highest BCUT2D eigenvalue weighted by atomic mass is 16.5. The van der Waals surface area contributed by atoms with Crippen molar-refractivity contribution in [3.8, 4) is 11.9 Å². The Bertz CT molecular complexity index is 343. The SMILES string of the molecule is CN(C#N)C(=O)COc1ccccc1. The fraction of sp³-hybridized carbons (Fsp3) is 0.200. The topological polar surface area (TPSA) is 53.3 Å². The molecular formula is C10H10N2O2. The van der Waals surface area contributed by atoms with E-state index in [-0.39, 0.29) is 12.5 Å². The first-order valence-electron chi connectivity index (χ1n) is 4.08. The lowest BCUT2D eigenvalue weighted by atomic mass is 10.3. The molecule has 1 aromatic rings. The summed E-state index contributed by atoms with van der Waals surface area (Å²) in [5.74, 6) is 0.253. The number of carbonyl (C=O) groups excluding carboxylic acids is 1. The van der Waals surface area contributed by atoms with Gasteiger partial charge >= 0.3 is 0 Å². The standard InChI is InChI=1S/C10H10N2O2/c1-12(8-11)10(13)7-14-9-5-3-2-4-6-9/h2-6H,7H2,1H3. The normalized spacial score (nSPS) is 8.86. The second kappa shape index (κ2) is 4.87. The van der Waals surface area contributed by atoms with E-state index in [1.165, 1.54) is 7.05 Å². The number of hydrogen-bond acceptors (Lipinski definition) is 3. The third-order valence-corrected chi connectivity index (χ3v) is 1.63. The third-order valence-electron chi connectivity index (χ3n) is 1.63. The fourth-order valence-electron chi connectivity index (χ4n) is 0.814. The number of amides is 1. The van der Waals surface area contributed by atoms with E-state index >= 15 is 0 Å². The van der Waals surface area contributed by atoms with Crippen LogP contribution in [0.3, 0.4) is 0 Å². The summed E-state index contributed by atoms with van der Waals surface area (Å²) in [6.45, 7) is -0.117. The van der Waals surface area contributed by atoms with E-state index < -0.39 is 0 Å². The van der Waals surface area contributed by atoms with Crippen LogP contribution in [0.5, 0.6) is 5.75 Å². The van der Waals surface area contributed by atoms with Crippen LogP contribution in [-0.2, 0) is 4.79 Å². The lowest BCUT2D eigenvalue weighted by Gasteiger charge is -2.08. The number of ether oxygens (including phenoxy) is 1. The molecule has 1 aromatic carbocycles. The van der Waals surface area contributed by atoms with E-state index in [0.29, 0.717) is 5.75 Å². The molecule has 0 fully saturated rings. The maximum absolute atomic E-state index is 11.1. The molecule has 0 unspecified atom stereocenters. The Morgan fingerprint density at radius 1 is 1.50 bits per heavy atom. The highest BCUT2D eigenvalue weighted by Gasteiger charge is 2.07. The second-order valence-electron chi connectivity index (χ2n) is 2.65. The Labute approximate surface area is 82.3 Å². The second-order valence-corrected chi connectivity index (χ2v) is 2.65. The lowest BCUT2D eigenvalue weighted by Crippen LogP contribution is -2.27. The molecule has 0 aliphatic heterocycles. The average molecular weight is 190 g/mol. The van der Waals surface area contributed by atoms with E-state index in [9.17, 15) is 4.79 Å². The minimum atomic E-state index is -0.364. The summed E-state index contributed by atoms with van der Waals surface area (Å²) in [6.07, 6.45) is 1.70. The Morgan fingerprint density at radius 3 is 2.71 bits per heavy atom. The van der Waals surface area contributed by atoms with Crippen molar-refractivity contribution in [3.63, 3.8) is 0 Å². The van der Waals surface area contributed by atoms with Gasteiger partial charge in [-0.25, -0.2) is 4.90 Å². The molecule has 1 rings (SSSR count). The number of benzene rings is 1. The van der Waals surface area contributed by atoms with Crippen molar-refractivity contribution >= 4 is 5.91 Å². The Hall–Kier alpha value is -2.02. The summed E-state index contributed by atoms with van der Waals surface area (Å²) in [4.78, 5) is 12.1. The molecule has 0 aromatic heterocycles. The molecule has 0 saturated heterocycles. The van der Waals surface area contributed by atoms with Crippen molar-refractivity contribution in [2.45, 2.75) is 0 Å². The zero-order chi connectivity index (χ0) is 10.4. The summed E-state index contributed by atoms with van der Waals surface area (Å²) < 4.78 is 5.15. The summed E-state index contributed by atoms with van der Waals surface area (Å²) in [5.41, 5.74) is 0. The highest BCUT2D eigenvalue weighted by molar-refractivity contribution is 5.78. The molecule has 0 aliphatic carbocycles. The van der Waals surface area contributed by atoms with E-state index in [1.807, 2.05) is 18.2 Å². The molecule has 0 aliphatic rings. The first-order chi connectivity index (χ1) is 6.74. The van der Waals surface area contributed by atoms with Crippen LogP contribution in [0, 0.1) is 11.5 Å². The molecule has 0 saturated carbocycles. The molecule has 0 N–H and O–H groups in total. The molecule has 0 spiro atoms. The molecule has 72 valence electrons. The fourth-order valence-corrected chi connectivity index (χ4v) is 0.814. The Morgan fingerprint density at radius 2 is 2.14 bits per heavy atom. The maximum Gasteiger partial charge on any atom is 0.273 e. The summed E-state index contributed by atoms with van der Waals surface area (Å²) in [6, 6.07) is 8.98. The molecule has 0 atom stereocenters. The molecule has 4 heteroatoms. The predicted molar refractivity (Wildman–Crippen MR) is 50.3 cm³/mol. The quantitative estimate of drug-likeness (QED) is 0.528. The van der Waals surface area contributed by atoms with Gasteiger partial charge < -0.3 is 4.74 Å².